The molecule has 1 aliphatic heterocycles. The van der Waals surface area contributed by atoms with Crippen LogP contribution in [0.25, 0.3) is 22.4 Å². The highest BCUT2D eigenvalue weighted by molar-refractivity contribution is 5.75. The van der Waals surface area contributed by atoms with E-state index in [0.717, 1.165) is 54.8 Å². The minimum absolute atomic E-state index is 0.0685. The van der Waals surface area contributed by atoms with Crippen LogP contribution in [0.3, 0.4) is 0 Å². The molecule has 1 atom stereocenters. The van der Waals surface area contributed by atoms with E-state index in [-0.39, 0.29) is 6.04 Å². The monoisotopic (exact) mass is 398 g/mol. The Morgan fingerprint density at radius 3 is 2.90 bits per heavy atom. The Labute approximate surface area is 174 Å². The van der Waals surface area contributed by atoms with E-state index in [1.54, 1.807) is 12.1 Å². The Hall–Kier alpha value is -3.50. The third-order valence-corrected chi connectivity index (χ3v) is 5.81. The number of benzene rings is 2. The Kier molecular flexibility index (Phi) is 4.77. The average Bonchev–Trinajstić information content (AvgIpc) is 3.40. The van der Waals surface area contributed by atoms with Gasteiger partial charge in [0.15, 0.2) is 0 Å². The van der Waals surface area contributed by atoms with E-state index in [1.165, 1.54) is 0 Å². The van der Waals surface area contributed by atoms with Gasteiger partial charge in [0.05, 0.1) is 35.3 Å². The molecule has 3 heterocycles. The Balaban J connectivity index is 1.42. The van der Waals surface area contributed by atoms with Crippen LogP contribution in [0.5, 0.6) is 0 Å². The van der Waals surface area contributed by atoms with Gasteiger partial charge in [-0.1, -0.05) is 35.8 Å². The van der Waals surface area contributed by atoms with Crippen molar-refractivity contribution in [3.05, 3.63) is 65.8 Å². The summed E-state index contributed by atoms with van der Waals surface area (Å²) in [6, 6.07) is 17.7. The molecule has 2 aromatic heterocycles. The van der Waals surface area contributed by atoms with Gasteiger partial charge in [0.2, 0.25) is 11.7 Å². The van der Waals surface area contributed by atoms with E-state index in [0.29, 0.717) is 17.3 Å². The average molecular weight is 398 g/mol. The van der Waals surface area contributed by atoms with Crippen molar-refractivity contribution in [3.63, 3.8) is 0 Å². The molecule has 0 N–H and O–H groups in total. The molecule has 1 saturated heterocycles. The largest absolute Gasteiger partial charge is 0.337 e. The summed E-state index contributed by atoms with van der Waals surface area (Å²) >= 11 is 0. The molecule has 30 heavy (non-hydrogen) atoms. The highest BCUT2D eigenvalue weighted by Gasteiger charge is 2.30. The van der Waals surface area contributed by atoms with Crippen molar-refractivity contribution in [2.75, 3.05) is 6.54 Å². The molecule has 2 aromatic carbocycles. The lowest BCUT2D eigenvalue weighted by atomic mass is 10.0. The number of aryl methyl sites for hydroxylation is 1. The first kappa shape index (κ1) is 18.5. The number of hydrogen-bond donors (Lipinski definition) is 0. The van der Waals surface area contributed by atoms with Crippen molar-refractivity contribution in [1.82, 2.24) is 24.6 Å². The first-order valence-corrected chi connectivity index (χ1v) is 10.2. The molecule has 1 aliphatic rings. The quantitative estimate of drug-likeness (QED) is 0.512. The van der Waals surface area contributed by atoms with E-state index in [1.807, 2.05) is 30.3 Å². The summed E-state index contributed by atoms with van der Waals surface area (Å²) < 4.78 is 7.84. The number of aromatic nitrogens is 4. The number of nitriles is 1. The van der Waals surface area contributed by atoms with E-state index in [9.17, 15) is 0 Å². The maximum absolute atomic E-state index is 9.14. The third-order valence-electron chi connectivity index (χ3n) is 5.81. The van der Waals surface area contributed by atoms with E-state index >= 15 is 0 Å². The second-order valence-electron chi connectivity index (χ2n) is 7.71. The van der Waals surface area contributed by atoms with Crippen molar-refractivity contribution in [2.24, 2.45) is 7.05 Å². The number of imidazole rings is 1. The van der Waals surface area contributed by atoms with Crippen LogP contribution in [0.2, 0.25) is 0 Å². The summed E-state index contributed by atoms with van der Waals surface area (Å²) in [5.41, 5.74) is 3.53. The van der Waals surface area contributed by atoms with E-state index in [2.05, 4.69) is 38.8 Å². The summed E-state index contributed by atoms with van der Waals surface area (Å²) in [6.07, 6.45) is 3.25. The molecule has 7 nitrogen and oxygen atoms in total. The lowest BCUT2D eigenvalue weighted by molar-refractivity contribution is 0.108. The van der Waals surface area contributed by atoms with Gasteiger partial charge in [-0.05, 0) is 43.7 Å². The Morgan fingerprint density at radius 1 is 1.13 bits per heavy atom. The Bertz CT molecular complexity index is 1230. The second-order valence-corrected chi connectivity index (χ2v) is 7.71. The molecule has 150 valence electrons. The van der Waals surface area contributed by atoms with Crippen LogP contribution in [0, 0.1) is 11.3 Å². The van der Waals surface area contributed by atoms with Gasteiger partial charge in [-0.2, -0.15) is 10.2 Å². The van der Waals surface area contributed by atoms with E-state index in [4.69, 9.17) is 14.8 Å². The molecule has 0 bridgehead atoms. The summed E-state index contributed by atoms with van der Waals surface area (Å²) in [5, 5.41) is 13.3. The molecular formula is C23H22N6O. The van der Waals surface area contributed by atoms with Gasteiger partial charge in [-0.25, -0.2) is 4.98 Å². The normalized spacial score (nSPS) is 17.3. The molecule has 7 heteroatoms. The first-order chi connectivity index (χ1) is 14.7. The maximum Gasteiger partial charge on any atom is 0.244 e. The molecular weight excluding hydrogens is 376 g/mol. The lowest BCUT2D eigenvalue weighted by Crippen LogP contribution is -2.34. The number of piperidine rings is 1. The van der Waals surface area contributed by atoms with Crippen LogP contribution in [0.15, 0.2) is 53.1 Å². The number of rotatable bonds is 4. The van der Waals surface area contributed by atoms with Crippen LogP contribution in [0.1, 0.15) is 42.6 Å². The van der Waals surface area contributed by atoms with Crippen LogP contribution in [0.4, 0.5) is 0 Å². The highest BCUT2D eigenvalue weighted by atomic mass is 16.5. The fraction of sp³-hybridized carbons (Fsp3) is 0.304. The Morgan fingerprint density at radius 2 is 2.03 bits per heavy atom. The number of para-hydroxylation sites is 2. The molecule has 4 aromatic rings. The summed E-state index contributed by atoms with van der Waals surface area (Å²) in [5.74, 6) is 2.19. The zero-order valence-electron chi connectivity index (χ0n) is 16.8. The molecule has 1 fully saturated rings. The molecule has 0 amide bonds. The smallest absolute Gasteiger partial charge is 0.244 e. The number of nitrogens with zero attached hydrogens (tertiary/aromatic N) is 6. The van der Waals surface area contributed by atoms with Gasteiger partial charge in [0.1, 0.15) is 5.82 Å². The maximum atomic E-state index is 9.14. The predicted octanol–water partition coefficient (Wildman–Crippen LogP) is 4.22. The number of hydrogen-bond acceptors (Lipinski definition) is 6. The fourth-order valence-corrected chi connectivity index (χ4v) is 4.19. The fourth-order valence-electron chi connectivity index (χ4n) is 4.19. The van der Waals surface area contributed by atoms with Crippen molar-refractivity contribution in [3.8, 4) is 17.5 Å². The zero-order valence-corrected chi connectivity index (χ0v) is 16.8. The predicted molar refractivity (Wildman–Crippen MR) is 112 cm³/mol. The second kappa shape index (κ2) is 7.73. The molecule has 5 rings (SSSR count). The van der Waals surface area contributed by atoms with E-state index < -0.39 is 0 Å². The van der Waals surface area contributed by atoms with Gasteiger partial charge in [-0.3, -0.25) is 4.90 Å². The molecule has 0 radical (unpaired) electrons. The van der Waals surface area contributed by atoms with Crippen LogP contribution >= 0.6 is 0 Å². The van der Waals surface area contributed by atoms with Gasteiger partial charge in [0.25, 0.3) is 0 Å². The van der Waals surface area contributed by atoms with Crippen molar-refractivity contribution >= 4 is 11.0 Å². The van der Waals surface area contributed by atoms with Gasteiger partial charge >= 0.3 is 0 Å². The summed E-state index contributed by atoms with van der Waals surface area (Å²) in [6.45, 7) is 1.70. The topological polar surface area (TPSA) is 83.8 Å². The van der Waals surface area contributed by atoms with Crippen LogP contribution in [-0.4, -0.2) is 31.1 Å². The van der Waals surface area contributed by atoms with Gasteiger partial charge in [-0.15, -0.1) is 0 Å². The number of likely N-dealkylation sites (tertiary alicyclic amines) is 1. The SMILES string of the molecule is Cn1c(CN2CCCCC2c2nc(-c3cccc(C#N)c3)no2)nc2ccccc21. The number of fused-ring (bicyclic) bond motifs is 1. The molecule has 0 saturated carbocycles. The van der Waals surface area contributed by atoms with Crippen molar-refractivity contribution < 1.29 is 4.52 Å². The zero-order chi connectivity index (χ0) is 20.5. The minimum Gasteiger partial charge on any atom is -0.337 e. The van der Waals surface area contributed by atoms with Gasteiger partial charge < -0.3 is 9.09 Å². The first-order valence-electron chi connectivity index (χ1n) is 10.2. The van der Waals surface area contributed by atoms with Crippen LogP contribution in [-0.2, 0) is 13.6 Å². The molecule has 1 unspecified atom stereocenters. The van der Waals surface area contributed by atoms with Crippen LogP contribution < -0.4 is 0 Å². The minimum atomic E-state index is 0.0685. The molecule has 0 spiro atoms. The summed E-state index contributed by atoms with van der Waals surface area (Å²) in [4.78, 5) is 11.9. The van der Waals surface area contributed by atoms with Gasteiger partial charge in [0, 0.05) is 12.6 Å². The lowest BCUT2D eigenvalue weighted by Gasteiger charge is -2.32. The highest BCUT2D eigenvalue weighted by Crippen LogP contribution is 2.32. The summed E-state index contributed by atoms with van der Waals surface area (Å²) in [7, 11) is 2.07. The molecule has 0 aliphatic carbocycles. The third kappa shape index (κ3) is 3.36. The van der Waals surface area contributed by atoms with Crippen molar-refractivity contribution in [1.29, 1.82) is 5.26 Å². The van der Waals surface area contributed by atoms with Crippen molar-refractivity contribution in [2.45, 2.75) is 31.8 Å². The standard InChI is InChI=1S/C23H22N6O/c1-28-19-10-3-2-9-18(19)25-21(28)15-29-12-5-4-11-20(29)23-26-22(27-30-23)17-8-6-7-16(13-17)14-24/h2-3,6-10,13,20H,4-5,11-12,15H2,1H3.